The minimum absolute atomic E-state index is 0.0579. The number of hydrogen-bond donors (Lipinski definition) is 3. The van der Waals surface area contributed by atoms with Crippen molar-refractivity contribution in [1.82, 2.24) is 10.3 Å². The highest BCUT2D eigenvalue weighted by Gasteiger charge is 2.42. The molecule has 2 fully saturated rings. The van der Waals surface area contributed by atoms with Gasteiger partial charge in [0, 0.05) is 42.1 Å². The minimum atomic E-state index is -0.982. The summed E-state index contributed by atoms with van der Waals surface area (Å²) in [6, 6.07) is 9.42. The van der Waals surface area contributed by atoms with E-state index in [4.69, 9.17) is 9.84 Å². The standard InChI is InChI=1S/C24H29N3O5/c1-32-21-6-2-4-20(19(21)5-3-11-28)23(29)26-16-12-17-8-9-18(13-16)27(17)22-10-7-15(14-25-22)24(30)31/h2,4,6-7,10,14,16-18,28H,3,5,8-9,11-13H2,1H3,(H,26,29)(H,30,31). The zero-order valence-corrected chi connectivity index (χ0v) is 18.2. The van der Waals surface area contributed by atoms with Gasteiger partial charge in [-0.3, -0.25) is 4.79 Å². The van der Waals surface area contributed by atoms with Crippen molar-refractivity contribution in [3.8, 4) is 5.75 Å². The van der Waals surface area contributed by atoms with Crippen molar-refractivity contribution in [2.45, 2.75) is 56.7 Å². The summed E-state index contributed by atoms with van der Waals surface area (Å²) < 4.78 is 5.44. The van der Waals surface area contributed by atoms with Crippen LogP contribution >= 0.6 is 0 Å². The Labute approximate surface area is 187 Å². The Kier molecular flexibility index (Phi) is 6.60. The van der Waals surface area contributed by atoms with Crippen LogP contribution in [0.5, 0.6) is 5.75 Å². The van der Waals surface area contributed by atoms with E-state index >= 15 is 0 Å². The van der Waals surface area contributed by atoms with Gasteiger partial charge in [-0.25, -0.2) is 9.78 Å². The molecule has 2 bridgehead atoms. The van der Waals surface area contributed by atoms with Crippen molar-refractivity contribution in [3.63, 3.8) is 0 Å². The molecule has 2 saturated heterocycles. The lowest BCUT2D eigenvalue weighted by Gasteiger charge is -2.40. The van der Waals surface area contributed by atoms with Gasteiger partial charge in [-0.05, 0) is 62.8 Å². The molecule has 0 aliphatic carbocycles. The summed E-state index contributed by atoms with van der Waals surface area (Å²) in [5.41, 5.74) is 1.60. The summed E-state index contributed by atoms with van der Waals surface area (Å²) in [6.07, 6.45) is 6.24. The summed E-state index contributed by atoms with van der Waals surface area (Å²) in [7, 11) is 1.59. The van der Waals surface area contributed by atoms with E-state index in [-0.39, 0.29) is 36.2 Å². The third kappa shape index (κ3) is 4.41. The molecule has 4 rings (SSSR count). The van der Waals surface area contributed by atoms with Crippen LogP contribution in [0, 0.1) is 0 Å². The summed E-state index contributed by atoms with van der Waals surface area (Å²) in [5.74, 6) is 0.367. The highest BCUT2D eigenvalue weighted by atomic mass is 16.5. The predicted octanol–water partition coefficient (Wildman–Crippen LogP) is 2.64. The van der Waals surface area contributed by atoms with Crippen molar-refractivity contribution < 1.29 is 24.5 Å². The molecule has 1 aromatic heterocycles. The summed E-state index contributed by atoms with van der Waals surface area (Å²) >= 11 is 0. The Morgan fingerprint density at radius 1 is 1.19 bits per heavy atom. The van der Waals surface area contributed by atoms with Gasteiger partial charge in [-0.2, -0.15) is 0 Å². The van der Waals surface area contributed by atoms with Crippen molar-refractivity contribution >= 4 is 17.7 Å². The largest absolute Gasteiger partial charge is 0.496 e. The number of hydrogen-bond acceptors (Lipinski definition) is 6. The maximum atomic E-state index is 13.1. The number of fused-ring (bicyclic) bond motifs is 2. The molecule has 8 nitrogen and oxygen atoms in total. The van der Waals surface area contributed by atoms with Gasteiger partial charge in [0.25, 0.3) is 5.91 Å². The third-order valence-electron chi connectivity index (χ3n) is 6.51. The number of benzene rings is 1. The Morgan fingerprint density at radius 2 is 1.94 bits per heavy atom. The van der Waals surface area contributed by atoms with Crippen LogP contribution in [0.25, 0.3) is 0 Å². The number of methoxy groups -OCH3 is 1. The zero-order valence-electron chi connectivity index (χ0n) is 18.2. The molecule has 1 aromatic carbocycles. The number of aromatic nitrogens is 1. The fraction of sp³-hybridized carbons (Fsp3) is 0.458. The average Bonchev–Trinajstić information content (AvgIpc) is 3.07. The van der Waals surface area contributed by atoms with Gasteiger partial charge in [0.05, 0.1) is 12.7 Å². The number of anilines is 1. The lowest BCUT2D eigenvalue weighted by Crippen LogP contribution is -2.50. The number of carbonyl (C=O) groups is 2. The molecule has 8 heteroatoms. The molecular formula is C24H29N3O5. The second-order valence-electron chi connectivity index (χ2n) is 8.46. The molecule has 0 saturated carbocycles. The van der Waals surface area contributed by atoms with Gasteiger partial charge in [0.2, 0.25) is 0 Å². The van der Waals surface area contributed by atoms with E-state index in [0.717, 1.165) is 37.1 Å². The van der Waals surface area contributed by atoms with Crippen LogP contribution in [0.2, 0.25) is 0 Å². The number of amides is 1. The maximum Gasteiger partial charge on any atom is 0.337 e. The number of nitrogens with one attached hydrogen (secondary N) is 1. The molecule has 2 aromatic rings. The highest BCUT2D eigenvalue weighted by Crippen LogP contribution is 2.38. The summed E-state index contributed by atoms with van der Waals surface area (Å²) in [4.78, 5) is 30.9. The Morgan fingerprint density at radius 3 is 2.53 bits per heavy atom. The first-order valence-electron chi connectivity index (χ1n) is 11.1. The SMILES string of the molecule is COc1cccc(C(=O)NC2CC3CCC(C2)N3c2ccc(C(=O)O)cn2)c1CCCO. The van der Waals surface area contributed by atoms with Crippen LogP contribution in [-0.4, -0.2) is 58.9 Å². The molecular weight excluding hydrogens is 410 g/mol. The van der Waals surface area contributed by atoms with E-state index in [1.54, 1.807) is 19.2 Å². The van der Waals surface area contributed by atoms with Gasteiger partial charge >= 0.3 is 5.97 Å². The van der Waals surface area contributed by atoms with Crippen LogP contribution in [0.4, 0.5) is 5.82 Å². The van der Waals surface area contributed by atoms with E-state index in [1.165, 1.54) is 6.20 Å². The van der Waals surface area contributed by atoms with Crippen LogP contribution in [-0.2, 0) is 6.42 Å². The quantitative estimate of drug-likeness (QED) is 0.580. The number of ether oxygens (including phenoxy) is 1. The summed E-state index contributed by atoms with van der Waals surface area (Å²) in [5, 5.41) is 21.5. The Bertz CT molecular complexity index is 964. The first kappa shape index (κ1) is 22.1. The number of nitrogens with zero attached hydrogens (tertiary/aromatic N) is 2. The number of carboxylic acids is 1. The van der Waals surface area contributed by atoms with Crippen LogP contribution < -0.4 is 15.0 Å². The van der Waals surface area contributed by atoms with Gasteiger partial charge in [-0.15, -0.1) is 0 Å². The van der Waals surface area contributed by atoms with Crippen LogP contribution in [0.1, 0.15) is 58.4 Å². The fourth-order valence-corrected chi connectivity index (χ4v) is 5.08. The van der Waals surface area contributed by atoms with Crippen LogP contribution in [0.15, 0.2) is 36.5 Å². The lowest BCUT2D eigenvalue weighted by molar-refractivity contribution is 0.0696. The molecule has 1 amide bonds. The second kappa shape index (κ2) is 9.56. The zero-order chi connectivity index (χ0) is 22.7. The van der Waals surface area contributed by atoms with E-state index in [9.17, 15) is 14.7 Å². The van der Waals surface area contributed by atoms with Gasteiger partial charge in [0.15, 0.2) is 0 Å². The van der Waals surface area contributed by atoms with Gasteiger partial charge in [0.1, 0.15) is 11.6 Å². The Hall–Kier alpha value is -3.13. The molecule has 170 valence electrons. The maximum absolute atomic E-state index is 13.1. The molecule has 2 aliphatic rings. The van der Waals surface area contributed by atoms with Crippen molar-refractivity contribution in [3.05, 3.63) is 53.2 Å². The van der Waals surface area contributed by atoms with Crippen molar-refractivity contribution in [1.29, 1.82) is 0 Å². The number of pyridine rings is 1. The van der Waals surface area contributed by atoms with Crippen molar-refractivity contribution in [2.24, 2.45) is 0 Å². The van der Waals surface area contributed by atoms with Crippen molar-refractivity contribution in [2.75, 3.05) is 18.6 Å². The van der Waals surface area contributed by atoms with E-state index in [2.05, 4.69) is 15.2 Å². The molecule has 2 atom stereocenters. The van der Waals surface area contributed by atoms with E-state index in [0.29, 0.717) is 24.2 Å². The number of aliphatic hydroxyl groups is 1. The van der Waals surface area contributed by atoms with Gasteiger partial charge < -0.3 is 25.2 Å². The monoisotopic (exact) mass is 439 g/mol. The fourth-order valence-electron chi connectivity index (χ4n) is 5.08. The van der Waals surface area contributed by atoms with E-state index < -0.39 is 5.97 Å². The normalized spacial score (nSPS) is 21.9. The number of aliphatic hydroxyl groups excluding tert-OH is 1. The van der Waals surface area contributed by atoms with E-state index in [1.807, 2.05) is 18.2 Å². The molecule has 32 heavy (non-hydrogen) atoms. The number of piperidine rings is 1. The topological polar surface area (TPSA) is 112 Å². The molecule has 3 heterocycles. The van der Waals surface area contributed by atoms with Crippen LogP contribution in [0.3, 0.4) is 0 Å². The molecule has 2 aliphatic heterocycles. The van der Waals surface area contributed by atoms with Gasteiger partial charge in [-0.1, -0.05) is 6.07 Å². The summed E-state index contributed by atoms with van der Waals surface area (Å²) in [6.45, 7) is 0.0579. The molecule has 2 unspecified atom stereocenters. The number of rotatable bonds is 8. The highest BCUT2D eigenvalue weighted by molar-refractivity contribution is 5.96. The molecule has 0 spiro atoms. The molecule has 3 N–H and O–H groups in total. The number of carbonyl (C=O) groups excluding carboxylic acids is 1. The number of aromatic carboxylic acids is 1. The minimum Gasteiger partial charge on any atom is -0.496 e. The first-order chi connectivity index (χ1) is 15.5. The second-order valence-corrected chi connectivity index (χ2v) is 8.46. The molecule has 0 radical (unpaired) electrons. The Balaban J connectivity index is 1.46. The third-order valence-corrected chi connectivity index (χ3v) is 6.51. The average molecular weight is 440 g/mol. The lowest BCUT2D eigenvalue weighted by atomic mass is 9.95. The first-order valence-corrected chi connectivity index (χ1v) is 11.1. The predicted molar refractivity (Wildman–Crippen MR) is 119 cm³/mol. The smallest absolute Gasteiger partial charge is 0.337 e. The number of carboxylic acid groups (broad SMARTS) is 1.